The van der Waals surface area contributed by atoms with Crippen LogP contribution in [0.2, 0.25) is 0 Å². The molecule has 0 unspecified atom stereocenters. The largest absolute Gasteiger partial charge is 0.455 e. The highest BCUT2D eigenvalue weighted by molar-refractivity contribution is 6.00. The molecule has 0 amide bonds. The molecule has 2 rings (SSSR count). The zero-order valence-corrected chi connectivity index (χ0v) is 7.91. The first-order chi connectivity index (χ1) is 7.33. The average Bonchev–Trinajstić information content (AvgIpc) is 2.15. The summed E-state index contributed by atoms with van der Waals surface area (Å²) in [6.45, 7) is 0. The highest BCUT2D eigenvalue weighted by Crippen LogP contribution is 2.40. The van der Waals surface area contributed by atoms with Crippen LogP contribution >= 0.6 is 0 Å². The van der Waals surface area contributed by atoms with Crippen molar-refractivity contribution in [1.82, 2.24) is 0 Å². The van der Waals surface area contributed by atoms with Crippen molar-refractivity contribution in [3.63, 3.8) is 0 Å². The van der Waals surface area contributed by atoms with E-state index >= 15 is 0 Å². The normalized spacial score (nSPS) is 24.9. The van der Waals surface area contributed by atoms with Gasteiger partial charge in [0, 0.05) is 0 Å². The Morgan fingerprint density at radius 3 is 2.56 bits per heavy atom. The molecule has 0 saturated carbocycles. The number of ketones is 1. The molecule has 1 aliphatic heterocycles. The van der Waals surface area contributed by atoms with Gasteiger partial charge in [0.1, 0.15) is 5.75 Å². The number of Topliss-reactive ketones (excluding diaryl/α,β-unsaturated/α-hetero) is 1. The smallest absolute Gasteiger partial charge is 0.452 e. The monoisotopic (exact) mass is 232 g/mol. The van der Waals surface area contributed by atoms with E-state index in [0.29, 0.717) is 0 Å². The van der Waals surface area contributed by atoms with Crippen molar-refractivity contribution in [2.24, 2.45) is 0 Å². The van der Waals surface area contributed by atoms with Crippen LogP contribution < -0.4 is 4.74 Å². The maximum atomic E-state index is 12.5. The molecule has 1 aromatic rings. The third-order valence-corrected chi connectivity index (χ3v) is 2.31. The number of alkyl halides is 3. The lowest BCUT2D eigenvalue weighted by atomic mass is 9.98. The van der Waals surface area contributed by atoms with Gasteiger partial charge in [-0.3, -0.25) is 4.79 Å². The molecule has 0 aromatic heterocycles. The molecule has 1 N–H and O–H groups in total. The van der Waals surface area contributed by atoms with Gasteiger partial charge in [-0.25, -0.2) is 0 Å². The summed E-state index contributed by atoms with van der Waals surface area (Å²) < 4.78 is 41.9. The summed E-state index contributed by atoms with van der Waals surface area (Å²) >= 11 is 0. The zero-order valence-electron chi connectivity index (χ0n) is 7.91. The van der Waals surface area contributed by atoms with Crippen molar-refractivity contribution < 1.29 is 27.8 Å². The molecular formula is C10H7F3O3. The van der Waals surface area contributed by atoms with Gasteiger partial charge in [-0.2, -0.15) is 13.2 Å². The van der Waals surface area contributed by atoms with E-state index in [1.807, 2.05) is 0 Å². The number of carbonyl (C=O) groups is 1. The van der Waals surface area contributed by atoms with E-state index < -0.39 is 24.2 Å². The van der Waals surface area contributed by atoms with Crippen LogP contribution in [0.3, 0.4) is 0 Å². The fourth-order valence-corrected chi connectivity index (χ4v) is 1.47. The quantitative estimate of drug-likeness (QED) is 0.743. The predicted molar refractivity (Wildman–Crippen MR) is 47.0 cm³/mol. The zero-order chi connectivity index (χ0) is 12.0. The first-order valence-electron chi connectivity index (χ1n) is 4.44. The second-order valence-corrected chi connectivity index (χ2v) is 3.48. The summed E-state index contributed by atoms with van der Waals surface area (Å²) in [5, 5.41) is 9.26. The highest BCUT2D eigenvalue weighted by atomic mass is 19.4. The predicted octanol–water partition coefficient (Wildman–Crippen LogP) is 1.90. The minimum absolute atomic E-state index is 0.0522. The molecule has 1 aliphatic rings. The molecule has 0 aliphatic carbocycles. The molecule has 1 aromatic carbocycles. The van der Waals surface area contributed by atoms with E-state index in [1.54, 1.807) is 0 Å². The molecular weight excluding hydrogens is 225 g/mol. The molecule has 16 heavy (non-hydrogen) atoms. The van der Waals surface area contributed by atoms with Gasteiger partial charge >= 0.3 is 12.0 Å². The van der Waals surface area contributed by atoms with Crippen LogP contribution in [0.1, 0.15) is 16.8 Å². The lowest BCUT2D eigenvalue weighted by molar-refractivity contribution is -0.334. The molecule has 3 nitrogen and oxygen atoms in total. The molecule has 1 heterocycles. The van der Waals surface area contributed by atoms with Crippen LogP contribution in [0.25, 0.3) is 0 Å². The summed E-state index contributed by atoms with van der Waals surface area (Å²) in [5.41, 5.74) is 0.0522. The van der Waals surface area contributed by atoms with E-state index in [2.05, 4.69) is 4.74 Å². The van der Waals surface area contributed by atoms with Gasteiger partial charge in [-0.15, -0.1) is 0 Å². The van der Waals surface area contributed by atoms with Crippen molar-refractivity contribution in [2.45, 2.75) is 18.4 Å². The minimum atomic E-state index is -5.00. The number of ether oxygens (including phenoxy) is 1. The number of fused-ring (bicyclic) bond motifs is 1. The Bertz CT molecular complexity index is 441. The van der Waals surface area contributed by atoms with Gasteiger partial charge in [0.2, 0.25) is 0 Å². The molecule has 0 fully saturated rings. The first-order valence-corrected chi connectivity index (χ1v) is 4.44. The summed E-state index contributed by atoms with van der Waals surface area (Å²) in [5.74, 6) is -4.46. The van der Waals surface area contributed by atoms with E-state index in [9.17, 15) is 23.1 Å². The average molecular weight is 232 g/mol. The second kappa shape index (κ2) is 3.21. The summed E-state index contributed by atoms with van der Waals surface area (Å²) in [6, 6.07) is 5.50. The van der Waals surface area contributed by atoms with Crippen molar-refractivity contribution in [3.8, 4) is 5.75 Å². The first kappa shape index (κ1) is 10.9. The minimum Gasteiger partial charge on any atom is -0.452 e. The number of rotatable bonds is 0. The van der Waals surface area contributed by atoms with Gasteiger partial charge in [0.05, 0.1) is 12.0 Å². The van der Waals surface area contributed by atoms with Gasteiger partial charge in [-0.05, 0) is 12.1 Å². The van der Waals surface area contributed by atoms with E-state index in [0.717, 1.165) is 0 Å². The fraction of sp³-hybridized carbons (Fsp3) is 0.300. The number of carbonyl (C=O) groups excluding carboxylic acids is 1. The number of benzene rings is 1. The number of para-hydroxylation sites is 1. The third kappa shape index (κ3) is 1.55. The lowest BCUT2D eigenvalue weighted by Gasteiger charge is -2.34. The van der Waals surface area contributed by atoms with Crippen LogP contribution in [-0.4, -0.2) is 22.9 Å². The Balaban J connectivity index is 2.46. The maximum absolute atomic E-state index is 12.5. The molecule has 86 valence electrons. The second-order valence-electron chi connectivity index (χ2n) is 3.48. The van der Waals surface area contributed by atoms with Crippen LogP contribution in [0.5, 0.6) is 5.75 Å². The summed E-state index contributed by atoms with van der Waals surface area (Å²) in [7, 11) is 0. The molecule has 0 spiro atoms. The SMILES string of the molecule is O=C1C[C@](O)(C(F)(F)F)Oc2ccccc21. The van der Waals surface area contributed by atoms with Crippen LogP contribution in [-0.2, 0) is 0 Å². The number of hydrogen-bond donors (Lipinski definition) is 1. The van der Waals surface area contributed by atoms with E-state index in [1.165, 1.54) is 24.3 Å². The van der Waals surface area contributed by atoms with E-state index in [4.69, 9.17) is 0 Å². The molecule has 6 heteroatoms. The van der Waals surface area contributed by atoms with Gasteiger partial charge < -0.3 is 9.84 Å². The fourth-order valence-electron chi connectivity index (χ4n) is 1.47. The van der Waals surface area contributed by atoms with E-state index in [-0.39, 0.29) is 11.3 Å². The van der Waals surface area contributed by atoms with Crippen LogP contribution in [0.4, 0.5) is 13.2 Å². The van der Waals surface area contributed by atoms with Crippen LogP contribution in [0.15, 0.2) is 24.3 Å². The van der Waals surface area contributed by atoms with Crippen molar-refractivity contribution >= 4 is 5.78 Å². The molecule has 1 atom stereocenters. The lowest BCUT2D eigenvalue weighted by Crippen LogP contribution is -2.53. The molecule has 0 radical (unpaired) electrons. The summed E-state index contributed by atoms with van der Waals surface area (Å²) in [4.78, 5) is 11.4. The van der Waals surface area contributed by atoms with Gasteiger partial charge in [0.25, 0.3) is 0 Å². The Morgan fingerprint density at radius 1 is 1.31 bits per heavy atom. The number of hydrogen-bond acceptors (Lipinski definition) is 3. The third-order valence-electron chi connectivity index (χ3n) is 2.31. The van der Waals surface area contributed by atoms with Crippen molar-refractivity contribution in [1.29, 1.82) is 0 Å². The Kier molecular flexibility index (Phi) is 2.20. The highest BCUT2D eigenvalue weighted by Gasteiger charge is 2.59. The van der Waals surface area contributed by atoms with Crippen molar-refractivity contribution in [2.75, 3.05) is 0 Å². The van der Waals surface area contributed by atoms with Gasteiger partial charge in [-0.1, -0.05) is 12.1 Å². The molecule has 0 saturated heterocycles. The number of aliphatic hydroxyl groups is 1. The topological polar surface area (TPSA) is 46.5 Å². The molecule has 0 bridgehead atoms. The standard InChI is InChI=1S/C10H7F3O3/c11-10(12,13)9(15)5-7(14)6-3-1-2-4-8(6)16-9/h1-4,15H,5H2/t9-/m1/s1. The maximum Gasteiger partial charge on any atom is 0.455 e. The van der Waals surface area contributed by atoms with Crippen LogP contribution in [0, 0.1) is 0 Å². The Hall–Kier alpha value is -1.56. The Labute approximate surface area is 88.5 Å². The Morgan fingerprint density at radius 2 is 1.94 bits per heavy atom. The van der Waals surface area contributed by atoms with Crippen molar-refractivity contribution in [3.05, 3.63) is 29.8 Å². The van der Waals surface area contributed by atoms with Gasteiger partial charge in [0.15, 0.2) is 5.78 Å². The number of halogens is 3. The summed E-state index contributed by atoms with van der Waals surface area (Å²) in [6.07, 6.45) is -6.12.